The predicted molar refractivity (Wildman–Crippen MR) is 71.0 cm³/mol. The maximum Gasteiger partial charge on any atom is 0.254 e. The Hall–Kier alpha value is -1.88. The molecule has 0 saturated heterocycles. The Bertz CT molecular complexity index is 567. The third-order valence-electron chi connectivity index (χ3n) is 2.52. The molecule has 0 bridgehead atoms. The second-order valence-corrected chi connectivity index (χ2v) is 4.99. The molecule has 0 aliphatic rings. The fourth-order valence-corrected chi connectivity index (χ4v) is 2.28. The third-order valence-corrected chi connectivity index (χ3v) is 3.40. The summed E-state index contributed by atoms with van der Waals surface area (Å²) in [5.41, 5.74) is 6.36. The van der Waals surface area contributed by atoms with Crippen molar-refractivity contribution < 1.29 is 9.18 Å². The highest BCUT2D eigenvalue weighted by molar-refractivity contribution is 7.09. The Labute approximate surface area is 108 Å². The van der Waals surface area contributed by atoms with E-state index in [1.165, 1.54) is 23.5 Å². The minimum Gasteiger partial charge on any atom is -0.399 e. The molecule has 2 aromatic rings. The van der Waals surface area contributed by atoms with Crippen LogP contribution in [0, 0.1) is 12.7 Å². The molecule has 0 saturated carbocycles. The number of hydrogen-bond acceptors (Lipinski definition) is 3. The summed E-state index contributed by atoms with van der Waals surface area (Å²) in [6.45, 7) is 1.98. The molecule has 18 heavy (non-hydrogen) atoms. The van der Waals surface area contributed by atoms with Gasteiger partial charge in [-0.3, -0.25) is 4.79 Å². The van der Waals surface area contributed by atoms with Crippen LogP contribution in [0.1, 0.15) is 20.8 Å². The third kappa shape index (κ3) is 2.68. The van der Waals surface area contributed by atoms with E-state index < -0.39 is 11.7 Å². The smallest absolute Gasteiger partial charge is 0.254 e. The summed E-state index contributed by atoms with van der Waals surface area (Å²) in [7, 11) is 0. The van der Waals surface area contributed by atoms with E-state index in [0.717, 1.165) is 4.88 Å². The van der Waals surface area contributed by atoms with Crippen molar-refractivity contribution in [2.75, 3.05) is 5.73 Å². The van der Waals surface area contributed by atoms with Gasteiger partial charge in [0.2, 0.25) is 0 Å². The molecule has 94 valence electrons. The van der Waals surface area contributed by atoms with E-state index >= 15 is 0 Å². The normalized spacial score (nSPS) is 10.3. The second-order valence-electron chi connectivity index (χ2n) is 3.96. The molecule has 3 N–H and O–H groups in total. The molecule has 5 heteroatoms. The number of nitrogens with one attached hydrogen (secondary N) is 1. The van der Waals surface area contributed by atoms with Crippen molar-refractivity contribution in [3.63, 3.8) is 0 Å². The van der Waals surface area contributed by atoms with Crippen LogP contribution in [0.3, 0.4) is 0 Å². The van der Waals surface area contributed by atoms with Crippen molar-refractivity contribution in [1.29, 1.82) is 0 Å². The molecule has 0 radical (unpaired) electrons. The molecule has 1 aromatic carbocycles. The molecule has 2 rings (SSSR count). The van der Waals surface area contributed by atoms with Crippen molar-refractivity contribution in [1.82, 2.24) is 5.32 Å². The highest BCUT2D eigenvalue weighted by Gasteiger charge is 2.14. The number of hydrogen-bond donors (Lipinski definition) is 2. The molecule has 0 fully saturated rings. The number of nitrogen functional groups attached to an aromatic ring is 1. The first-order valence-electron chi connectivity index (χ1n) is 5.44. The number of benzene rings is 1. The average molecular weight is 264 g/mol. The van der Waals surface area contributed by atoms with Crippen LogP contribution in [0.4, 0.5) is 10.1 Å². The van der Waals surface area contributed by atoms with Crippen molar-refractivity contribution in [3.8, 4) is 0 Å². The molecule has 0 unspecified atom stereocenters. The van der Waals surface area contributed by atoms with Crippen LogP contribution in [0.5, 0.6) is 0 Å². The number of thiophene rings is 1. The average Bonchev–Trinajstić information content (AvgIpc) is 2.83. The van der Waals surface area contributed by atoms with Crippen molar-refractivity contribution >= 4 is 22.9 Å². The molecule has 0 atom stereocenters. The van der Waals surface area contributed by atoms with Gasteiger partial charge in [-0.15, -0.1) is 11.3 Å². The lowest BCUT2D eigenvalue weighted by atomic mass is 10.1. The zero-order chi connectivity index (χ0) is 13.1. The highest BCUT2D eigenvalue weighted by Crippen LogP contribution is 2.17. The van der Waals surface area contributed by atoms with Gasteiger partial charge in [-0.05, 0) is 36.1 Å². The Morgan fingerprint density at radius 3 is 2.94 bits per heavy atom. The van der Waals surface area contributed by atoms with E-state index in [1.54, 1.807) is 6.92 Å². The summed E-state index contributed by atoms with van der Waals surface area (Å²) in [5.74, 6) is -0.968. The van der Waals surface area contributed by atoms with Gasteiger partial charge in [-0.2, -0.15) is 0 Å². The second kappa shape index (κ2) is 5.18. The molecule has 0 spiro atoms. The van der Waals surface area contributed by atoms with E-state index in [2.05, 4.69) is 5.32 Å². The van der Waals surface area contributed by atoms with Gasteiger partial charge in [-0.1, -0.05) is 6.07 Å². The van der Waals surface area contributed by atoms with Gasteiger partial charge in [0.15, 0.2) is 0 Å². The standard InChI is InChI=1S/C13H13FN2OS/c1-8-5-9(15)6-11(12(8)14)13(17)16-7-10-3-2-4-18-10/h2-6H,7,15H2,1H3,(H,16,17). The van der Waals surface area contributed by atoms with Crippen LogP contribution in [0.2, 0.25) is 0 Å². The fourth-order valence-electron chi connectivity index (χ4n) is 1.64. The summed E-state index contributed by atoms with van der Waals surface area (Å²) >= 11 is 1.54. The number of halogens is 1. The van der Waals surface area contributed by atoms with Gasteiger partial charge in [0, 0.05) is 10.6 Å². The number of nitrogens with two attached hydrogens (primary N) is 1. The van der Waals surface area contributed by atoms with E-state index in [-0.39, 0.29) is 5.56 Å². The summed E-state index contributed by atoms with van der Waals surface area (Å²) in [5, 5.41) is 4.60. The SMILES string of the molecule is Cc1cc(N)cc(C(=O)NCc2cccs2)c1F. The molecule has 3 nitrogen and oxygen atoms in total. The topological polar surface area (TPSA) is 55.1 Å². The number of rotatable bonds is 3. The zero-order valence-electron chi connectivity index (χ0n) is 9.87. The Kier molecular flexibility index (Phi) is 3.62. The number of aryl methyl sites for hydroxylation is 1. The van der Waals surface area contributed by atoms with Crippen LogP contribution in [-0.4, -0.2) is 5.91 Å². The van der Waals surface area contributed by atoms with Crippen LogP contribution in [0.25, 0.3) is 0 Å². The minimum absolute atomic E-state index is 0.0101. The van der Waals surface area contributed by atoms with Gasteiger partial charge < -0.3 is 11.1 Å². The van der Waals surface area contributed by atoms with Gasteiger partial charge in [0.1, 0.15) is 5.82 Å². The lowest BCUT2D eigenvalue weighted by Crippen LogP contribution is -2.23. The fraction of sp³-hybridized carbons (Fsp3) is 0.154. The van der Waals surface area contributed by atoms with Gasteiger partial charge in [0.05, 0.1) is 12.1 Å². The minimum atomic E-state index is -0.520. The van der Waals surface area contributed by atoms with Crippen LogP contribution >= 0.6 is 11.3 Å². The van der Waals surface area contributed by atoms with Crippen molar-refractivity contribution in [2.24, 2.45) is 0 Å². The lowest BCUT2D eigenvalue weighted by Gasteiger charge is -2.08. The molecule has 0 aliphatic heterocycles. The molecule has 1 aromatic heterocycles. The number of amides is 1. The van der Waals surface area contributed by atoms with Gasteiger partial charge in [0.25, 0.3) is 5.91 Å². The first-order chi connectivity index (χ1) is 8.58. The van der Waals surface area contributed by atoms with Crippen LogP contribution < -0.4 is 11.1 Å². The van der Waals surface area contributed by atoms with Crippen molar-refractivity contribution in [3.05, 3.63) is 51.5 Å². The van der Waals surface area contributed by atoms with Crippen LogP contribution in [-0.2, 0) is 6.54 Å². The Balaban J connectivity index is 2.14. The number of carbonyl (C=O) groups excluding carboxylic acids is 1. The Morgan fingerprint density at radius 2 is 2.28 bits per heavy atom. The first-order valence-corrected chi connectivity index (χ1v) is 6.32. The summed E-state index contributed by atoms with van der Waals surface area (Å²) in [6.07, 6.45) is 0. The van der Waals surface area contributed by atoms with Gasteiger partial charge in [-0.25, -0.2) is 4.39 Å². The van der Waals surface area contributed by atoms with E-state index in [4.69, 9.17) is 5.73 Å². The molecular formula is C13H13FN2OS. The summed E-state index contributed by atoms with van der Waals surface area (Å²) in [6, 6.07) is 6.67. The van der Waals surface area contributed by atoms with Crippen LogP contribution in [0.15, 0.2) is 29.6 Å². The number of carbonyl (C=O) groups is 1. The lowest BCUT2D eigenvalue weighted by molar-refractivity contribution is 0.0947. The first kappa shape index (κ1) is 12.6. The molecule has 1 heterocycles. The maximum absolute atomic E-state index is 13.8. The summed E-state index contributed by atoms with van der Waals surface area (Å²) in [4.78, 5) is 12.9. The molecular weight excluding hydrogens is 251 g/mol. The Morgan fingerprint density at radius 1 is 1.50 bits per heavy atom. The molecule has 1 amide bonds. The highest BCUT2D eigenvalue weighted by atomic mass is 32.1. The van der Waals surface area contributed by atoms with E-state index in [0.29, 0.717) is 17.8 Å². The molecule has 0 aliphatic carbocycles. The maximum atomic E-state index is 13.8. The monoisotopic (exact) mass is 264 g/mol. The summed E-state index contributed by atoms with van der Waals surface area (Å²) < 4.78 is 13.8. The zero-order valence-corrected chi connectivity index (χ0v) is 10.7. The van der Waals surface area contributed by atoms with E-state index in [1.807, 2.05) is 17.5 Å². The predicted octanol–water partition coefficient (Wildman–Crippen LogP) is 2.71. The largest absolute Gasteiger partial charge is 0.399 e. The van der Waals surface area contributed by atoms with Crippen molar-refractivity contribution in [2.45, 2.75) is 13.5 Å². The van der Waals surface area contributed by atoms with Gasteiger partial charge >= 0.3 is 0 Å². The number of anilines is 1. The van der Waals surface area contributed by atoms with E-state index in [9.17, 15) is 9.18 Å². The quantitative estimate of drug-likeness (QED) is 0.837.